The Labute approximate surface area is 146 Å². The predicted octanol–water partition coefficient (Wildman–Crippen LogP) is -2.07. The van der Waals surface area contributed by atoms with Crippen LogP contribution in [0, 0.1) is 5.92 Å². The van der Waals surface area contributed by atoms with Gasteiger partial charge in [0.15, 0.2) is 6.04 Å². The van der Waals surface area contributed by atoms with Crippen LogP contribution in [0.3, 0.4) is 0 Å². The second-order valence-corrected chi connectivity index (χ2v) is 6.25. The summed E-state index contributed by atoms with van der Waals surface area (Å²) in [5.74, 6) is -3.21. The molecule has 0 radical (unpaired) electrons. The number of carboxylic acids is 1. The Morgan fingerprint density at radius 3 is 1.92 bits per heavy atom. The first kappa shape index (κ1) is 22.8. The number of hydrogen-bond acceptors (Lipinski definition) is 6. The van der Waals surface area contributed by atoms with Gasteiger partial charge >= 0.3 is 5.97 Å². The van der Waals surface area contributed by atoms with Crippen LogP contribution in [-0.4, -0.2) is 64.7 Å². The molecule has 0 saturated heterocycles. The molecule has 0 fully saturated rings. The maximum absolute atomic E-state index is 12.3. The first-order valence-electron chi connectivity index (χ1n) is 8.00. The summed E-state index contributed by atoms with van der Waals surface area (Å²) in [6.07, 6.45) is -1.05. The zero-order valence-corrected chi connectivity index (χ0v) is 14.9. The molecule has 0 aliphatic heterocycles. The van der Waals surface area contributed by atoms with Crippen LogP contribution >= 0.6 is 0 Å². The van der Waals surface area contributed by atoms with Gasteiger partial charge < -0.3 is 31.9 Å². The number of rotatable bonds is 10. The average Bonchev–Trinajstić information content (AvgIpc) is 2.49. The standard InChI is InChI=1S/C15H28N4O6/c1-7(2)5-10(14(23)19-12(9(4)20)15(24)25)18-13(22)8(3)17-11(21)6-16/h7-10,12,20H,5-6,16H2,1-4H3,(H,17,21)(H,18,22)(H,19,23)(H,24,25). The fourth-order valence-electron chi connectivity index (χ4n) is 2.01. The van der Waals surface area contributed by atoms with Gasteiger partial charge in [0.25, 0.3) is 0 Å². The molecule has 0 aromatic carbocycles. The molecule has 0 aromatic rings. The quantitative estimate of drug-likeness (QED) is 0.260. The Bertz CT molecular complexity index is 494. The third-order valence-corrected chi connectivity index (χ3v) is 3.34. The lowest BCUT2D eigenvalue weighted by molar-refractivity contribution is -0.145. The number of amides is 3. The van der Waals surface area contributed by atoms with E-state index in [4.69, 9.17) is 10.8 Å². The van der Waals surface area contributed by atoms with Crippen molar-refractivity contribution < 1.29 is 29.4 Å². The number of carbonyl (C=O) groups excluding carboxylic acids is 3. The molecule has 4 atom stereocenters. The zero-order valence-electron chi connectivity index (χ0n) is 14.9. The van der Waals surface area contributed by atoms with Gasteiger partial charge in [-0.25, -0.2) is 4.79 Å². The summed E-state index contributed by atoms with van der Waals surface area (Å²) >= 11 is 0. The maximum atomic E-state index is 12.3. The van der Waals surface area contributed by atoms with Gasteiger partial charge in [0.1, 0.15) is 12.1 Å². The molecule has 0 heterocycles. The molecule has 25 heavy (non-hydrogen) atoms. The van der Waals surface area contributed by atoms with Crippen molar-refractivity contribution in [2.45, 2.75) is 58.3 Å². The molecule has 0 aliphatic rings. The summed E-state index contributed by atoms with van der Waals surface area (Å²) in [6.45, 7) is 6.05. The third kappa shape index (κ3) is 8.45. The molecule has 0 aromatic heterocycles. The first-order chi connectivity index (χ1) is 11.5. The first-order valence-corrected chi connectivity index (χ1v) is 8.00. The number of carbonyl (C=O) groups is 4. The summed E-state index contributed by atoms with van der Waals surface area (Å²) in [4.78, 5) is 46.8. The van der Waals surface area contributed by atoms with Crippen LogP contribution in [0.15, 0.2) is 0 Å². The molecular formula is C15H28N4O6. The van der Waals surface area contributed by atoms with E-state index in [0.717, 1.165) is 0 Å². The topological polar surface area (TPSA) is 171 Å². The van der Waals surface area contributed by atoms with E-state index in [1.165, 1.54) is 13.8 Å². The minimum Gasteiger partial charge on any atom is -0.480 e. The number of nitrogens with two attached hydrogens (primary N) is 1. The van der Waals surface area contributed by atoms with Gasteiger partial charge in [-0.15, -0.1) is 0 Å². The third-order valence-electron chi connectivity index (χ3n) is 3.34. The summed E-state index contributed by atoms with van der Waals surface area (Å²) < 4.78 is 0. The highest BCUT2D eigenvalue weighted by Crippen LogP contribution is 2.06. The Morgan fingerprint density at radius 2 is 1.52 bits per heavy atom. The molecular weight excluding hydrogens is 332 g/mol. The van der Waals surface area contributed by atoms with Crippen molar-refractivity contribution in [3.8, 4) is 0 Å². The van der Waals surface area contributed by atoms with Gasteiger partial charge in [-0.05, 0) is 26.2 Å². The second-order valence-electron chi connectivity index (χ2n) is 6.25. The summed E-state index contributed by atoms with van der Waals surface area (Å²) in [5, 5.41) is 25.5. The number of aliphatic hydroxyl groups is 1. The van der Waals surface area contributed by atoms with Gasteiger partial charge in [-0.2, -0.15) is 0 Å². The number of hydrogen-bond donors (Lipinski definition) is 6. The molecule has 0 bridgehead atoms. The van der Waals surface area contributed by atoms with Crippen molar-refractivity contribution >= 4 is 23.7 Å². The molecule has 7 N–H and O–H groups in total. The van der Waals surface area contributed by atoms with Crippen LogP contribution in [-0.2, 0) is 19.2 Å². The molecule has 0 spiro atoms. The number of aliphatic carboxylic acids is 1. The summed E-state index contributed by atoms with van der Waals surface area (Å²) in [7, 11) is 0. The van der Waals surface area contributed by atoms with Gasteiger partial charge in [-0.1, -0.05) is 13.8 Å². The van der Waals surface area contributed by atoms with Crippen molar-refractivity contribution in [1.29, 1.82) is 0 Å². The number of carboxylic acid groups (broad SMARTS) is 1. The molecule has 0 saturated carbocycles. The van der Waals surface area contributed by atoms with E-state index in [2.05, 4.69) is 16.0 Å². The molecule has 144 valence electrons. The smallest absolute Gasteiger partial charge is 0.328 e. The Kier molecular flexibility index (Phi) is 9.69. The second kappa shape index (κ2) is 10.6. The van der Waals surface area contributed by atoms with Crippen LogP contribution in [0.5, 0.6) is 0 Å². The SMILES string of the molecule is CC(C)CC(NC(=O)C(C)NC(=O)CN)C(=O)NC(C(=O)O)C(C)O. The Balaban J connectivity index is 5.04. The lowest BCUT2D eigenvalue weighted by Gasteiger charge is -2.25. The van der Waals surface area contributed by atoms with Crippen LogP contribution in [0.1, 0.15) is 34.1 Å². The zero-order chi connectivity index (χ0) is 19.7. The molecule has 10 nitrogen and oxygen atoms in total. The van der Waals surface area contributed by atoms with E-state index in [-0.39, 0.29) is 18.9 Å². The highest BCUT2D eigenvalue weighted by atomic mass is 16.4. The van der Waals surface area contributed by atoms with E-state index in [1.54, 1.807) is 0 Å². The average molecular weight is 360 g/mol. The van der Waals surface area contributed by atoms with Gasteiger partial charge in [0.2, 0.25) is 17.7 Å². The number of nitrogens with one attached hydrogen (secondary N) is 3. The number of aliphatic hydroxyl groups excluding tert-OH is 1. The predicted molar refractivity (Wildman–Crippen MR) is 89.3 cm³/mol. The highest BCUT2D eigenvalue weighted by Gasteiger charge is 2.30. The van der Waals surface area contributed by atoms with E-state index >= 15 is 0 Å². The monoisotopic (exact) mass is 360 g/mol. The van der Waals surface area contributed by atoms with Crippen molar-refractivity contribution in [2.24, 2.45) is 11.7 Å². The Hall–Kier alpha value is -2.20. The fraction of sp³-hybridized carbons (Fsp3) is 0.733. The lowest BCUT2D eigenvalue weighted by atomic mass is 10.0. The molecule has 4 unspecified atom stereocenters. The van der Waals surface area contributed by atoms with Crippen molar-refractivity contribution in [1.82, 2.24) is 16.0 Å². The minimum atomic E-state index is -1.49. The van der Waals surface area contributed by atoms with Gasteiger partial charge in [0, 0.05) is 0 Å². The molecule has 10 heteroatoms. The van der Waals surface area contributed by atoms with Crippen LogP contribution < -0.4 is 21.7 Å². The molecule has 0 rings (SSSR count). The van der Waals surface area contributed by atoms with Crippen molar-refractivity contribution in [3.05, 3.63) is 0 Å². The van der Waals surface area contributed by atoms with Gasteiger partial charge in [-0.3, -0.25) is 14.4 Å². The highest BCUT2D eigenvalue weighted by molar-refractivity contribution is 5.93. The maximum Gasteiger partial charge on any atom is 0.328 e. The van der Waals surface area contributed by atoms with Crippen molar-refractivity contribution in [3.63, 3.8) is 0 Å². The van der Waals surface area contributed by atoms with Crippen LogP contribution in [0.25, 0.3) is 0 Å². The summed E-state index contributed by atoms with van der Waals surface area (Å²) in [5.41, 5.74) is 5.16. The molecule has 3 amide bonds. The van der Waals surface area contributed by atoms with E-state index in [9.17, 15) is 24.3 Å². The van der Waals surface area contributed by atoms with Gasteiger partial charge in [0.05, 0.1) is 12.6 Å². The summed E-state index contributed by atoms with van der Waals surface area (Å²) in [6, 6.07) is -3.41. The lowest BCUT2D eigenvalue weighted by Crippen LogP contribution is -2.57. The van der Waals surface area contributed by atoms with E-state index in [1.807, 2.05) is 13.8 Å². The minimum absolute atomic E-state index is 0.0276. The fourth-order valence-corrected chi connectivity index (χ4v) is 2.01. The normalized spacial score (nSPS) is 15.6. The van der Waals surface area contributed by atoms with Crippen LogP contribution in [0.4, 0.5) is 0 Å². The Morgan fingerprint density at radius 1 is 0.960 bits per heavy atom. The largest absolute Gasteiger partial charge is 0.480 e. The van der Waals surface area contributed by atoms with Crippen LogP contribution in [0.2, 0.25) is 0 Å². The molecule has 0 aliphatic carbocycles. The van der Waals surface area contributed by atoms with E-state index in [0.29, 0.717) is 0 Å². The van der Waals surface area contributed by atoms with Crippen molar-refractivity contribution in [2.75, 3.05) is 6.54 Å². The van der Waals surface area contributed by atoms with E-state index < -0.39 is 47.9 Å².